The Balaban J connectivity index is 1.34. The van der Waals surface area contributed by atoms with Crippen molar-refractivity contribution in [2.24, 2.45) is 5.16 Å². The molecule has 3 N–H and O–H groups in total. The number of halogens is 1. The minimum atomic E-state index is -1.47. The number of oxime groups is 1. The Morgan fingerprint density at radius 1 is 1.41 bits per heavy atom. The van der Waals surface area contributed by atoms with E-state index >= 15 is 0 Å². The Kier molecular flexibility index (Phi) is 6.80. The van der Waals surface area contributed by atoms with E-state index in [1.165, 1.54) is 17.1 Å². The molecule has 2 aliphatic rings. The van der Waals surface area contributed by atoms with Gasteiger partial charge in [-0.2, -0.15) is 4.57 Å². The molecule has 15 heteroatoms. The minimum Gasteiger partial charge on any atom is -0.543 e. The third-order valence-electron chi connectivity index (χ3n) is 5.73. The standard InChI is InChI=1S/C22H20FN7O5S2/c23-3-7-35-27-15(14-11-37-22(24)25-14)18(31)26-16-19(32)30-17(21(33)34)12(10-36-20(16)30)8-28-5-6-29-4-1-2-13(29)9-28/h1-2,4-6,9,11,16,20H,3,7-8,10H2,(H3-,24,25,26,31,33,34)/b27-15-/t16-,20+/m1/s1. The number of fused-ring (bicyclic) bond motifs is 2. The monoisotopic (exact) mass is 545 g/mol. The molecule has 0 saturated carbocycles. The number of nitrogens with one attached hydrogen (secondary N) is 1. The van der Waals surface area contributed by atoms with Crippen molar-refractivity contribution in [3.63, 3.8) is 0 Å². The van der Waals surface area contributed by atoms with Crippen LogP contribution in [0, 0.1) is 0 Å². The van der Waals surface area contributed by atoms with Crippen LogP contribution < -0.4 is 20.7 Å². The van der Waals surface area contributed by atoms with E-state index in [4.69, 9.17) is 10.6 Å². The first-order chi connectivity index (χ1) is 17.9. The highest BCUT2D eigenvalue weighted by Crippen LogP contribution is 2.40. The van der Waals surface area contributed by atoms with Crippen LogP contribution in [0.3, 0.4) is 0 Å². The molecule has 37 heavy (non-hydrogen) atoms. The number of anilines is 1. The zero-order valence-corrected chi connectivity index (χ0v) is 20.7. The minimum absolute atomic E-state index is 0.105. The summed E-state index contributed by atoms with van der Waals surface area (Å²) >= 11 is 2.39. The van der Waals surface area contributed by atoms with Crippen LogP contribution in [0.2, 0.25) is 0 Å². The number of hydrogen-bond donors (Lipinski definition) is 2. The van der Waals surface area contributed by atoms with Gasteiger partial charge in [-0.25, -0.2) is 9.37 Å². The highest BCUT2D eigenvalue weighted by Gasteiger charge is 2.53. The molecule has 2 amide bonds. The van der Waals surface area contributed by atoms with E-state index in [9.17, 15) is 23.9 Å². The Morgan fingerprint density at radius 3 is 2.97 bits per heavy atom. The molecule has 1 saturated heterocycles. The van der Waals surface area contributed by atoms with Crippen LogP contribution in [0.15, 0.2) is 58.7 Å². The first-order valence-corrected chi connectivity index (χ1v) is 12.9. The predicted molar refractivity (Wildman–Crippen MR) is 130 cm³/mol. The molecular weight excluding hydrogens is 525 g/mol. The molecule has 2 aliphatic heterocycles. The van der Waals surface area contributed by atoms with E-state index < -0.39 is 35.9 Å². The molecule has 192 valence electrons. The largest absolute Gasteiger partial charge is 0.543 e. The second kappa shape index (κ2) is 10.2. The Labute approximate surface area is 217 Å². The van der Waals surface area contributed by atoms with Crippen molar-refractivity contribution < 1.29 is 33.3 Å². The molecule has 5 heterocycles. The van der Waals surface area contributed by atoms with Crippen molar-refractivity contribution in [1.82, 2.24) is 19.6 Å². The van der Waals surface area contributed by atoms with Gasteiger partial charge in [0, 0.05) is 22.9 Å². The van der Waals surface area contributed by atoms with Crippen LogP contribution in [0.4, 0.5) is 9.52 Å². The van der Waals surface area contributed by atoms with Crippen LogP contribution in [0.5, 0.6) is 0 Å². The molecule has 3 aromatic heterocycles. The molecule has 0 aliphatic carbocycles. The van der Waals surface area contributed by atoms with Gasteiger partial charge in [-0.05, 0) is 12.1 Å². The molecule has 0 unspecified atom stereocenters. The maximum atomic E-state index is 13.0. The van der Waals surface area contributed by atoms with Crippen molar-refractivity contribution in [3.05, 3.63) is 59.3 Å². The number of aromatic nitrogens is 3. The van der Waals surface area contributed by atoms with Gasteiger partial charge in [0.25, 0.3) is 11.8 Å². The molecule has 1 fully saturated rings. The zero-order valence-electron chi connectivity index (χ0n) is 19.1. The van der Waals surface area contributed by atoms with Crippen LogP contribution in [-0.2, 0) is 25.8 Å². The van der Waals surface area contributed by atoms with Gasteiger partial charge < -0.3 is 30.2 Å². The van der Waals surface area contributed by atoms with Crippen molar-refractivity contribution in [2.75, 3.05) is 24.8 Å². The van der Waals surface area contributed by atoms with Gasteiger partial charge in [0.15, 0.2) is 29.8 Å². The number of β-lactam (4-membered cyclic amide) rings is 1. The normalized spacial score (nSPS) is 19.5. The second-order valence-electron chi connectivity index (χ2n) is 8.07. The summed E-state index contributed by atoms with van der Waals surface area (Å²) < 4.78 is 16.2. The fraction of sp³-hybridized carbons (Fsp3) is 0.273. The second-order valence-corrected chi connectivity index (χ2v) is 10.1. The number of alkyl halides is 1. The average Bonchev–Trinajstić information content (AvgIpc) is 3.53. The lowest BCUT2D eigenvalue weighted by Gasteiger charge is -2.50. The summed E-state index contributed by atoms with van der Waals surface area (Å²) in [6.45, 7) is -0.937. The third kappa shape index (κ3) is 4.74. The smallest absolute Gasteiger partial charge is 0.276 e. The van der Waals surface area contributed by atoms with Crippen LogP contribution in [-0.4, -0.2) is 68.2 Å². The molecule has 0 aromatic carbocycles. The van der Waals surface area contributed by atoms with Crippen LogP contribution in [0.1, 0.15) is 5.69 Å². The molecule has 0 bridgehead atoms. The molecule has 3 aromatic rings. The summed E-state index contributed by atoms with van der Waals surface area (Å²) in [5.74, 6) is -2.55. The topological polar surface area (TPSA) is 158 Å². The fourth-order valence-electron chi connectivity index (χ4n) is 4.09. The number of thiazole rings is 1. The average molecular weight is 546 g/mol. The van der Waals surface area contributed by atoms with Gasteiger partial charge in [-0.3, -0.25) is 14.5 Å². The Morgan fingerprint density at radius 2 is 2.24 bits per heavy atom. The lowest BCUT2D eigenvalue weighted by Crippen LogP contribution is -2.71. The van der Waals surface area contributed by atoms with Crippen molar-refractivity contribution in [1.29, 1.82) is 0 Å². The SMILES string of the molecule is Nc1nc(/C(=N/OCCF)C(=O)N[C@@H]2C(=O)N3C(C(=O)[O-])=C(C[n+]4ccn5cccc5c4)CS[C@@H]23)cs1. The molecule has 0 radical (unpaired) electrons. The van der Waals surface area contributed by atoms with E-state index in [-0.39, 0.29) is 35.4 Å². The maximum Gasteiger partial charge on any atom is 0.276 e. The summed E-state index contributed by atoms with van der Waals surface area (Å²) in [7, 11) is 0. The van der Waals surface area contributed by atoms with Crippen molar-refractivity contribution in [2.45, 2.75) is 18.0 Å². The number of carboxylic acids is 1. The van der Waals surface area contributed by atoms with E-state index in [1.807, 2.05) is 45.9 Å². The number of nitrogen functional groups attached to an aromatic ring is 1. The number of carbonyl (C=O) groups excluding carboxylic acids is 3. The number of carboxylic acid groups (broad SMARTS) is 1. The zero-order chi connectivity index (χ0) is 26.1. The molecule has 5 rings (SSSR count). The summed E-state index contributed by atoms with van der Waals surface area (Å²) in [4.78, 5) is 48.0. The molecule has 0 spiro atoms. The van der Waals surface area contributed by atoms with E-state index in [2.05, 4.69) is 15.5 Å². The number of amides is 2. The van der Waals surface area contributed by atoms with Crippen molar-refractivity contribution >= 4 is 57.2 Å². The maximum absolute atomic E-state index is 13.0. The summed E-state index contributed by atoms with van der Waals surface area (Å²) in [5.41, 5.74) is 6.71. The molecule has 12 nitrogen and oxygen atoms in total. The van der Waals surface area contributed by atoms with Gasteiger partial charge in [0.05, 0.1) is 17.9 Å². The van der Waals surface area contributed by atoms with Gasteiger partial charge in [-0.1, -0.05) is 5.16 Å². The van der Waals surface area contributed by atoms with E-state index in [0.29, 0.717) is 11.3 Å². The number of nitrogens with two attached hydrogens (primary N) is 1. The van der Waals surface area contributed by atoms with Crippen molar-refractivity contribution in [3.8, 4) is 0 Å². The fourth-order valence-corrected chi connectivity index (χ4v) is 5.97. The summed E-state index contributed by atoms with van der Waals surface area (Å²) in [5, 5.41) is 19.3. The highest BCUT2D eigenvalue weighted by atomic mass is 32.2. The van der Waals surface area contributed by atoms with Crippen LogP contribution in [0.25, 0.3) is 5.52 Å². The quantitative estimate of drug-likeness (QED) is 0.115. The van der Waals surface area contributed by atoms with Gasteiger partial charge >= 0.3 is 0 Å². The molecule has 2 atom stereocenters. The Hall–Kier alpha value is -3.98. The predicted octanol–water partition coefficient (Wildman–Crippen LogP) is -0.940. The van der Waals surface area contributed by atoms with E-state index in [1.54, 1.807) is 0 Å². The van der Waals surface area contributed by atoms with Gasteiger partial charge in [-0.15, -0.1) is 23.1 Å². The number of nitrogens with zero attached hydrogens (tertiary/aromatic N) is 5. The number of hydrogen-bond acceptors (Lipinski definition) is 10. The first-order valence-electron chi connectivity index (χ1n) is 11.0. The van der Waals surface area contributed by atoms with Crippen LogP contribution >= 0.6 is 23.1 Å². The first kappa shape index (κ1) is 24.7. The summed E-state index contributed by atoms with van der Waals surface area (Å²) in [6, 6.07) is 2.80. The highest BCUT2D eigenvalue weighted by molar-refractivity contribution is 8.00. The number of thioether (sulfide) groups is 1. The third-order valence-corrected chi connectivity index (χ3v) is 7.75. The lowest BCUT2D eigenvalue weighted by atomic mass is 10.0. The molecular formula is C22H20FN7O5S2. The lowest BCUT2D eigenvalue weighted by molar-refractivity contribution is -0.688. The summed E-state index contributed by atoms with van der Waals surface area (Å²) in [6.07, 6.45) is 7.42. The van der Waals surface area contributed by atoms with Gasteiger partial charge in [0.2, 0.25) is 0 Å². The van der Waals surface area contributed by atoms with Gasteiger partial charge in [0.1, 0.15) is 35.9 Å². The number of aliphatic carboxylic acids is 1. The Bertz CT molecular complexity index is 1450. The van der Waals surface area contributed by atoms with E-state index in [0.717, 1.165) is 21.8 Å². The number of carbonyl (C=O) groups is 3. The number of rotatable bonds is 9.